The molecular weight excluding hydrogens is 240 g/mol. The van der Waals surface area contributed by atoms with Crippen molar-refractivity contribution in [1.29, 1.82) is 0 Å². The molecule has 0 aromatic rings. The van der Waals surface area contributed by atoms with E-state index in [9.17, 15) is 0 Å². The summed E-state index contributed by atoms with van der Waals surface area (Å²) in [6.45, 7) is 6.38. The van der Waals surface area contributed by atoms with Crippen molar-refractivity contribution in [1.82, 2.24) is 4.90 Å². The van der Waals surface area contributed by atoms with E-state index in [0.717, 1.165) is 32.0 Å². The Balaban J connectivity index is 2.27. The molecule has 4 nitrogen and oxygen atoms in total. The third-order valence-corrected chi connectivity index (χ3v) is 4.47. The highest BCUT2D eigenvalue weighted by atomic mass is 16.5. The molecule has 1 rings (SSSR count). The molecule has 0 spiro atoms. The lowest BCUT2D eigenvalue weighted by atomic mass is 9.75. The van der Waals surface area contributed by atoms with Gasteiger partial charge in [-0.3, -0.25) is 4.90 Å². The van der Waals surface area contributed by atoms with E-state index in [1.807, 2.05) is 0 Å². The van der Waals surface area contributed by atoms with Crippen LogP contribution in [-0.4, -0.2) is 57.5 Å². The Hall–Kier alpha value is -0.160. The van der Waals surface area contributed by atoms with Gasteiger partial charge >= 0.3 is 0 Å². The van der Waals surface area contributed by atoms with Gasteiger partial charge in [-0.1, -0.05) is 19.8 Å². The molecule has 1 aliphatic carbocycles. The predicted molar refractivity (Wildman–Crippen MR) is 79.4 cm³/mol. The highest BCUT2D eigenvalue weighted by Crippen LogP contribution is 2.35. The van der Waals surface area contributed by atoms with Crippen LogP contribution in [0, 0.1) is 5.92 Å². The summed E-state index contributed by atoms with van der Waals surface area (Å²) in [5.74, 6) is 0.803. The lowest BCUT2D eigenvalue weighted by molar-refractivity contribution is 0.0391. The van der Waals surface area contributed by atoms with Crippen LogP contribution in [0.3, 0.4) is 0 Å². The highest BCUT2D eigenvalue weighted by molar-refractivity contribution is 4.94. The fourth-order valence-corrected chi connectivity index (χ4v) is 3.21. The van der Waals surface area contributed by atoms with Gasteiger partial charge in [0.1, 0.15) is 0 Å². The maximum atomic E-state index is 6.08. The van der Waals surface area contributed by atoms with E-state index in [1.54, 1.807) is 7.11 Å². The lowest BCUT2D eigenvalue weighted by Gasteiger charge is -2.46. The number of methoxy groups -OCH3 is 1. The maximum Gasteiger partial charge on any atom is 0.0700 e. The molecule has 0 bridgehead atoms. The minimum absolute atomic E-state index is 0.226. The van der Waals surface area contributed by atoms with Gasteiger partial charge in [-0.15, -0.1) is 0 Å². The van der Waals surface area contributed by atoms with Crippen molar-refractivity contribution < 1.29 is 9.47 Å². The number of hydrogen-bond acceptors (Lipinski definition) is 4. The van der Waals surface area contributed by atoms with E-state index < -0.39 is 0 Å². The van der Waals surface area contributed by atoms with Gasteiger partial charge in [0, 0.05) is 32.3 Å². The van der Waals surface area contributed by atoms with Crippen LogP contribution in [0.15, 0.2) is 0 Å². The predicted octanol–water partition coefficient (Wildman–Crippen LogP) is 1.88. The average Bonchev–Trinajstić information content (AvgIpc) is 2.42. The molecule has 0 aromatic carbocycles. The summed E-state index contributed by atoms with van der Waals surface area (Å²) in [5, 5.41) is 0. The molecule has 114 valence electrons. The monoisotopic (exact) mass is 272 g/mol. The number of hydrogen-bond donors (Lipinski definition) is 1. The van der Waals surface area contributed by atoms with E-state index in [1.165, 1.54) is 25.7 Å². The Morgan fingerprint density at radius 3 is 2.74 bits per heavy atom. The molecular formula is C15H32N2O2. The molecule has 0 saturated heterocycles. The summed E-state index contributed by atoms with van der Waals surface area (Å²) in [6.07, 6.45) is 6.22. The highest BCUT2D eigenvalue weighted by Gasteiger charge is 2.36. The third-order valence-electron chi connectivity index (χ3n) is 4.47. The summed E-state index contributed by atoms with van der Waals surface area (Å²) >= 11 is 0. The van der Waals surface area contributed by atoms with Crippen LogP contribution < -0.4 is 5.73 Å². The molecule has 2 atom stereocenters. The quantitative estimate of drug-likeness (QED) is 0.651. The number of rotatable bonds is 9. The molecule has 1 aliphatic rings. The van der Waals surface area contributed by atoms with Crippen LogP contribution in [0.4, 0.5) is 0 Å². The molecule has 19 heavy (non-hydrogen) atoms. The Morgan fingerprint density at radius 2 is 2.11 bits per heavy atom. The molecule has 0 heterocycles. The Labute approximate surface area is 118 Å². The molecule has 0 radical (unpaired) electrons. The average molecular weight is 272 g/mol. The first-order chi connectivity index (χ1) is 9.14. The van der Waals surface area contributed by atoms with Crippen LogP contribution >= 0.6 is 0 Å². The fourth-order valence-electron chi connectivity index (χ4n) is 3.21. The molecule has 4 heteroatoms. The van der Waals surface area contributed by atoms with Gasteiger partial charge < -0.3 is 15.2 Å². The van der Waals surface area contributed by atoms with Crippen LogP contribution in [0.5, 0.6) is 0 Å². The molecule has 0 aromatic heterocycles. The Morgan fingerprint density at radius 1 is 1.32 bits per heavy atom. The largest absolute Gasteiger partial charge is 0.382 e. The van der Waals surface area contributed by atoms with Crippen molar-refractivity contribution in [2.45, 2.75) is 44.6 Å². The van der Waals surface area contributed by atoms with Gasteiger partial charge in [0.2, 0.25) is 0 Å². The molecule has 1 saturated carbocycles. The zero-order valence-electron chi connectivity index (χ0n) is 13.0. The summed E-state index contributed by atoms with van der Waals surface area (Å²) < 4.78 is 10.5. The van der Waals surface area contributed by atoms with Crippen molar-refractivity contribution in [2.75, 3.05) is 47.1 Å². The number of nitrogens with two attached hydrogens (primary N) is 1. The van der Waals surface area contributed by atoms with E-state index in [4.69, 9.17) is 15.2 Å². The number of nitrogens with zero attached hydrogens (tertiary/aromatic N) is 1. The van der Waals surface area contributed by atoms with Crippen LogP contribution in [-0.2, 0) is 9.47 Å². The number of likely N-dealkylation sites (N-methyl/N-ethyl adjacent to an activating group) is 1. The van der Waals surface area contributed by atoms with Crippen LogP contribution in [0.25, 0.3) is 0 Å². The summed E-state index contributed by atoms with van der Waals surface area (Å²) in [6, 6.07) is 0. The summed E-state index contributed by atoms with van der Waals surface area (Å²) in [4.78, 5) is 2.47. The van der Waals surface area contributed by atoms with E-state index in [0.29, 0.717) is 13.2 Å². The van der Waals surface area contributed by atoms with Gasteiger partial charge in [-0.2, -0.15) is 0 Å². The Bertz CT molecular complexity index is 238. The number of ether oxygens (including phenoxy) is 2. The van der Waals surface area contributed by atoms with Crippen molar-refractivity contribution in [3.63, 3.8) is 0 Å². The van der Waals surface area contributed by atoms with Crippen molar-refractivity contribution in [2.24, 2.45) is 11.7 Å². The smallest absolute Gasteiger partial charge is 0.0700 e. The summed E-state index contributed by atoms with van der Waals surface area (Å²) in [5.41, 5.74) is 6.31. The van der Waals surface area contributed by atoms with E-state index >= 15 is 0 Å². The van der Waals surface area contributed by atoms with Crippen LogP contribution in [0.1, 0.15) is 39.0 Å². The third kappa shape index (κ3) is 5.38. The molecule has 1 fully saturated rings. The van der Waals surface area contributed by atoms with Crippen molar-refractivity contribution in [3.05, 3.63) is 0 Å². The zero-order chi connectivity index (χ0) is 14.1. The normalized spacial score (nSPS) is 27.9. The van der Waals surface area contributed by atoms with Gasteiger partial charge in [0.15, 0.2) is 0 Å². The minimum Gasteiger partial charge on any atom is -0.382 e. The van der Waals surface area contributed by atoms with Gasteiger partial charge in [0.05, 0.1) is 13.2 Å². The maximum absolute atomic E-state index is 6.08. The molecule has 0 amide bonds. The van der Waals surface area contributed by atoms with Crippen molar-refractivity contribution in [3.8, 4) is 0 Å². The Kier molecular flexibility index (Phi) is 7.91. The van der Waals surface area contributed by atoms with Crippen LogP contribution in [0.2, 0.25) is 0 Å². The van der Waals surface area contributed by atoms with Gasteiger partial charge in [-0.05, 0) is 32.2 Å². The van der Waals surface area contributed by atoms with Gasteiger partial charge in [-0.25, -0.2) is 0 Å². The van der Waals surface area contributed by atoms with E-state index in [2.05, 4.69) is 18.9 Å². The second kappa shape index (κ2) is 8.90. The first-order valence-electron chi connectivity index (χ1n) is 7.62. The topological polar surface area (TPSA) is 47.7 Å². The summed E-state index contributed by atoms with van der Waals surface area (Å²) in [7, 11) is 3.92. The minimum atomic E-state index is 0.226. The first-order valence-corrected chi connectivity index (χ1v) is 7.62. The van der Waals surface area contributed by atoms with Gasteiger partial charge in [0.25, 0.3) is 0 Å². The molecule has 2 unspecified atom stereocenters. The lowest BCUT2D eigenvalue weighted by Crippen LogP contribution is -2.54. The second-order valence-electron chi connectivity index (χ2n) is 6.01. The second-order valence-corrected chi connectivity index (χ2v) is 6.01. The molecule has 2 N–H and O–H groups in total. The fraction of sp³-hybridized carbons (Fsp3) is 1.00. The van der Waals surface area contributed by atoms with Crippen molar-refractivity contribution >= 4 is 0 Å². The molecule has 0 aliphatic heterocycles. The zero-order valence-corrected chi connectivity index (χ0v) is 13.0. The van der Waals surface area contributed by atoms with E-state index in [-0.39, 0.29) is 5.54 Å². The standard InChI is InChI=1S/C15H32N2O2/c1-14-6-4-7-15(12-14,13-16)17(2)8-5-9-19-11-10-18-3/h14H,4-13,16H2,1-3H3. The SMILES string of the molecule is COCCOCCCN(C)C1(CN)CCCC(C)C1. The first kappa shape index (κ1) is 16.9.